The zero-order valence-corrected chi connectivity index (χ0v) is 13.5. The van der Waals surface area contributed by atoms with E-state index in [2.05, 4.69) is 20.8 Å². The molecule has 0 spiro atoms. The van der Waals surface area contributed by atoms with E-state index in [9.17, 15) is 0 Å². The monoisotopic (exact) mass is 254 g/mol. The van der Waals surface area contributed by atoms with Crippen molar-refractivity contribution >= 4 is 0 Å². The van der Waals surface area contributed by atoms with E-state index in [0.29, 0.717) is 0 Å². The Balaban J connectivity index is 3.08. The number of hydrogen-bond donors (Lipinski definition) is 0. The molecule has 1 atom stereocenters. The van der Waals surface area contributed by atoms with E-state index in [4.69, 9.17) is 0 Å². The predicted molar refractivity (Wildman–Crippen MR) is 85.2 cm³/mol. The van der Waals surface area contributed by atoms with Gasteiger partial charge in [-0.3, -0.25) is 0 Å². The van der Waals surface area contributed by atoms with Crippen LogP contribution in [0.5, 0.6) is 0 Å². The molecule has 0 unspecified atom stereocenters. The Morgan fingerprint density at radius 1 is 0.500 bits per heavy atom. The maximum absolute atomic E-state index is 2.45. The Hall–Kier alpha value is 0. The minimum atomic E-state index is 0.974. The van der Waals surface area contributed by atoms with Crippen molar-refractivity contribution in [2.24, 2.45) is 5.92 Å². The summed E-state index contributed by atoms with van der Waals surface area (Å²) in [5.41, 5.74) is 0. The van der Waals surface area contributed by atoms with Crippen molar-refractivity contribution in [1.29, 1.82) is 0 Å². The van der Waals surface area contributed by atoms with Gasteiger partial charge in [0.15, 0.2) is 0 Å². The first-order valence-electron chi connectivity index (χ1n) is 8.81. The molecule has 0 heterocycles. The lowest BCUT2D eigenvalue weighted by molar-refractivity contribution is 0.433. The second-order valence-electron chi connectivity index (χ2n) is 6.22. The largest absolute Gasteiger partial charge is 0.0654 e. The molecule has 0 amide bonds. The molecule has 0 saturated carbocycles. The molecule has 0 aliphatic rings. The molecule has 0 aliphatic carbocycles. The van der Waals surface area contributed by atoms with E-state index in [-0.39, 0.29) is 0 Å². The molecule has 0 rings (SSSR count). The molecule has 0 radical (unpaired) electrons. The zero-order chi connectivity index (χ0) is 13.5. The molecule has 0 heteroatoms. The molecule has 0 aromatic carbocycles. The lowest BCUT2D eigenvalue weighted by Crippen LogP contribution is -1.95. The average Bonchev–Trinajstić information content (AvgIpc) is 2.38. The summed E-state index contributed by atoms with van der Waals surface area (Å²) in [5.74, 6) is 0.974. The Kier molecular flexibility index (Phi) is 15.1. The van der Waals surface area contributed by atoms with E-state index in [1.807, 2.05) is 0 Å². The van der Waals surface area contributed by atoms with Gasteiger partial charge in [-0.05, 0) is 5.92 Å². The van der Waals surface area contributed by atoms with Gasteiger partial charge in [0.05, 0.1) is 0 Å². The second kappa shape index (κ2) is 15.1. The summed E-state index contributed by atoms with van der Waals surface area (Å²) in [7, 11) is 0. The quantitative estimate of drug-likeness (QED) is 0.289. The lowest BCUT2D eigenvalue weighted by atomic mass is 9.96. The first-order chi connectivity index (χ1) is 8.81. The Bertz CT molecular complexity index is 139. The molecule has 0 nitrogen and oxygen atoms in total. The average molecular weight is 255 g/mol. The van der Waals surface area contributed by atoms with Crippen molar-refractivity contribution in [1.82, 2.24) is 0 Å². The topological polar surface area (TPSA) is 0 Å². The summed E-state index contributed by atoms with van der Waals surface area (Å²) in [6.07, 6.45) is 20.3. The number of hydrogen-bond acceptors (Lipinski definition) is 0. The third-order valence-corrected chi connectivity index (χ3v) is 4.10. The van der Waals surface area contributed by atoms with Crippen LogP contribution in [0.15, 0.2) is 0 Å². The summed E-state index contributed by atoms with van der Waals surface area (Å²) < 4.78 is 0. The molecular formula is C18H38. The molecular weight excluding hydrogens is 216 g/mol. The van der Waals surface area contributed by atoms with E-state index in [0.717, 1.165) is 5.92 Å². The predicted octanol–water partition coefficient (Wildman–Crippen LogP) is 7.12. The highest BCUT2D eigenvalue weighted by molar-refractivity contribution is 4.55. The van der Waals surface area contributed by atoms with Gasteiger partial charge in [-0.1, -0.05) is 111 Å². The van der Waals surface area contributed by atoms with Crippen molar-refractivity contribution in [3.63, 3.8) is 0 Å². The van der Waals surface area contributed by atoms with Crippen LogP contribution in [0.4, 0.5) is 0 Å². The third-order valence-electron chi connectivity index (χ3n) is 4.10. The fourth-order valence-corrected chi connectivity index (χ4v) is 2.69. The molecule has 0 aromatic rings. The van der Waals surface area contributed by atoms with Crippen LogP contribution in [0.25, 0.3) is 0 Å². The lowest BCUT2D eigenvalue weighted by Gasteiger charge is -2.10. The van der Waals surface area contributed by atoms with Crippen molar-refractivity contribution in [3.05, 3.63) is 0 Å². The highest BCUT2D eigenvalue weighted by Gasteiger charge is 2.01. The molecule has 0 aliphatic heterocycles. The highest BCUT2D eigenvalue weighted by Crippen LogP contribution is 2.18. The van der Waals surface area contributed by atoms with Crippen LogP contribution in [-0.4, -0.2) is 0 Å². The third kappa shape index (κ3) is 14.1. The Morgan fingerprint density at radius 3 is 1.28 bits per heavy atom. The summed E-state index contributed by atoms with van der Waals surface area (Å²) in [5, 5.41) is 0. The van der Waals surface area contributed by atoms with E-state index in [1.165, 1.54) is 89.9 Å². The minimum absolute atomic E-state index is 0.974. The van der Waals surface area contributed by atoms with E-state index in [1.54, 1.807) is 0 Å². The fraction of sp³-hybridized carbons (Fsp3) is 1.00. The SMILES string of the molecule is CCCCCCCCCC[C@H](C)CCCCCC. The van der Waals surface area contributed by atoms with Crippen LogP contribution < -0.4 is 0 Å². The van der Waals surface area contributed by atoms with Gasteiger partial charge in [0.1, 0.15) is 0 Å². The van der Waals surface area contributed by atoms with Crippen LogP contribution in [0.2, 0.25) is 0 Å². The Morgan fingerprint density at radius 2 is 0.833 bits per heavy atom. The van der Waals surface area contributed by atoms with Crippen LogP contribution in [0, 0.1) is 5.92 Å². The fourth-order valence-electron chi connectivity index (χ4n) is 2.69. The summed E-state index contributed by atoms with van der Waals surface area (Å²) in [6.45, 7) is 7.04. The smallest absolute Gasteiger partial charge is 0.0443 e. The van der Waals surface area contributed by atoms with Crippen LogP contribution >= 0.6 is 0 Å². The first-order valence-corrected chi connectivity index (χ1v) is 8.81. The van der Waals surface area contributed by atoms with E-state index >= 15 is 0 Å². The number of rotatable bonds is 14. The highest BCUT2D eigenvalue weighted by atomic mass is 14.1. The van der Waals surface area contributed by atoms with Crippen LogP contribution in [0.3, 0.4) is 0 Å². The van der Waals surface area contributed by atoms with E-state index < -0.39 is 0 Å². The second-order valence-corrected chi connectivity index (χ2v) is 6.22. The van der Waals surface area contributed by atoms with Gasteiger partial charge in [0.2, 0.25) is 0 Å². The molecule has 110 valence electrons. The molecule has 0 saturated heterocycles. The molecule has 0 aromatic heterocycles. The van der Waals surface area contributed by atoms with Gasteiger partial charge < -0.3 is 0 Å². The maximum Gasteiger partial charge on any atom is -0.0443 e. The van der Waals surface area contributed by atoms with Gasteiger partial charge in [0.25, 0.3) is 0 Å². The van der Waals surface area contributed by atoms with Crippen molar-refractivity contribution in [2.75, 3.05) is 0 Å². The van der Waals surface area contributed by atoms with Crippen molar-refractivity contribution < 1.29 is 0 Å². The maximum atomic E-state index is 2.45. The minimum Gasteiger partial charge on any atom is -0.0654 e. The molecule has 0 bridgehead atoms. The van der Waals surface area contributed by atoms with Crippen molar-refractivity contribution in [3.8, 4) is 0 Å². The number of unbranched alkanes of at least 4 members (excludes halogenated alkanes) is 10. The van der Waals surface area contributed by atoms with Crippen LogP contribution in [-0.2, 0) is 0 Å². The van der Waals surface area contributed by atoms with Crippen molar-refractivity contribution in [2.45, 2.75) is 111 Å². The normalized spacial score (nSPS) is 12.8. The van der Waals surface area contributed by atoms with Crippen LogP contribution in [0.1, 0.15) is 111 Å². The Labute approximate surface area is 117 Å². The van der Waals surface area contributed by atoms with Gasteiger partial charge >= 0.3 is 0 Å². The van der Waals surface area contributed by atoms with Gasteiger partial charge in [-0.2, -0.15) is 0 Å². The summed E-state index contributed by atoms with van der Waals surface area (Å²) in [6, 6.07) is 0. The van der Waals surface area contributed by atoms with Gasteiger partial charge in [-0.25, -0.2) is 0 Å². The zero-order valence-electron chi connectivity index (χ0n) is 13.5. The van der Waals surface area contributed by atoms with Gasteiger partial charge in [0, 0.05) is 0 Å². The molecule has 0 fully saturated rings. The first kappa shape index (κ1) is 18.0. The van der Waals surface area contributed by atoms with Gasteiger partial charge in [-0.15, -0.1) is 0 Å². The standard InChI is InChI=1S/C18H38/c1-4-6-8-10-11-12-13-15-17-18(3)16-14-9-7-5-2/h18H,4-17H2,1-3H3/t18-/m1/s1. The molecule has 18 heavy (non-hydrogen) atoms. The summed E-state index contributed by atoms with van der Waals surface area (Å²) >= 11 is 0. The molecule has 0 N–H and O–H groups in total. The summed E-state index contributed by atoms with van der Waals surface area (Å²) in [4.78, 5) is 0.